The Hall–Kier alpha value is -1.02. The minimum atomic E-state index is 0.431. The second-order valence-electron chi connectivity index (χ2n) is 4.57. The Kier molecular flexibility index (Phi) is 6.06. The van der Waals surface area contributed by atoms with E-state index in [0.717, 1.165) is 18.8 Å². The fourth-order valence-electron chi connectivity index (χ4n) is 2.01. The smallest absolute Gasteiger partial charge is 0.119 e. The quantitative estimate of drug-likeness (QED) is 0.776. The van der Waals surface area contributed by atoms with Crippen LogP contribution in [0.4, 0.5) is 0 Å². The van der Waals surface area contributed by atoms with Crippen molar-refractivity contribution in [1.82, 2.24) is 5.32 Å². The van der Waals surface area contributed by atoms with Gasteiger partial charge in [0.05, 0.1) is 6.61 Å². The molecule has 1 aromatic carbocycles. The first-order valence-electron chi connectivity index (χ1n) is 6.62. The number of rotatable bonds is 7. The maximum absolute atomic E-state index is 5.59. The van der Waals surface area contributed by atoms with E-state index < -0.39 is 0 Å². The highest BCUT2D eigenvalue weighted by Crippen LogP contribution is 2.25. The van der Waals surface area contributed by atoms with Gasteiger partial charge in [-0.15, -0.1) is 0 Å². The van der Waals surface area contributed by atoms with Gasteiger partial charge in [-0.2, -0.15) is 0 Å². The van der Waals surface area contributed by atoms with Gasteiger partial charge in [0.25, 0.3) is 0 Å². The third kappa shape index (κ3) is 4.04. The summed E-state index contributed by atoms with van der Waals surface area (Å²) in [6.45, 7) is 7.42. The molecule has 2 atom stereocenters. The molecule has 0 amide bonds. The van der Waals surface area contributed by atoms with Gasteiger partial charge in [-0.05, 0) is 37.1 Å². The maximum atomic E-state index is 5.59. The van der Waals surface area contributed by atoms with E-state index in [9.17, 15) is 0 Å². The molecule has 0 aliphatic rings. The van der Waals surface area contributed by atoms with Gasteiger partial charge in [-0.25, -0.2) is 0 Å². The van der Waals surface area contributed by atoms with Gasteiger partial charge >= 0.3 is 0 Å². The zero-order valence-electron chi connectivity index (χ0n) is 11.5. The monoisotopic (exact) mass is 235 g/mol. The first kappa shape index (κ1) is 14.0. The summed E-state index contributed by atoms with van der Waals surface area (Å²) in [6.07, 6.45) is 2.23. The minimum absolute atomic E-state index is 0.431. The molecule has 1 rings (SSSR count). The topological polar surface area (TPSA) is 21.3 Å². The van der Waals surface area contributed by atoms with Crippen molar-refractivity contribution in [1.29, 1.82) is 0 Å². The van der Waals surface area contributed by atoms with Crippen LogP contribution in [0.15, 0.2) is 24.3 Å². The van der Waals surface area contributed by atoms with Gasteiger partial charge in [0.1, 0.15) is 5.75 Å². The number of ether oxygens (including phenoxy) is 1. The van der Waals surface area contributed by atoms with Gasteiger partial charge in [0.15, 0.2) is 0 Å². The summed E-state index contributed by atoms with van der Waals surface area (Å²) in [5, 5.41) is 3.39. The first-order valence-corrected chi connectivity index (χ1v) is 6.62. The van der Waals surface area contributed by atoms with Crippen LogP contribution in [-0.4, -0.2) is 13.7 Å². The third-order valence-electron chi connectivity index (χ3n) is 3.24. The third-order valence-corrected chi connectivity index (χ3v) is 3.24. The van der Waals surface area contributed by atoms with E-state index >= 15 is 0 Å². The summed E-state index contributed by atoms with van der Waals surface area (Å²) in [6, 6.07) is 8.90. The van der Waals surface area contributed by atoms with Crippen LogP contribution in [0.5, 0.6) is 5.75 Å². The molecular weight excluding hydrogens is 210 g/mol. The standard InChI is InChI=1S/C15H25NO/c1-5-11-17-14-9-7-13(8-10-14)15(16-4)12(3)6-2/h7-10,12,15-16H,5-6,11H2,1-4H3. The second-order valence-corrected chi connectivity index (χ2v) is 4.57. The van der Waals surface area contributed by atoms with E-state index in [0.29, 0.717) is 12.0 Å². The van der Waals surface area contributed by atoms with Gasteiger partial charge in [-0.3, -0.25) is 0 Å². The van der Waals surface area contributed by atoms with Gasteiger partial charge in [0, 0.05) is 6.04 Å². The van der Waals surface area contributed by atoms with E-state index in [1.807, 2.05) is 7.05 Å². The van der Waals surface area contributed by atoms with Crippen molar-refractivity contribution >= 4 is 0 Å². The van der Waals surface area contributed by atoms with E-state index in [1.165, 1.54) is 12.0 Å². The molecule has 0 aliphatic carbocycles. The number of benzene rings is 1. The number of hydrogen-bond donors (Lipinski definition) is 1. The Labute approximate surface area is 105 Å². The molecule has 2 unspecified atom stereocenters. The van der Waals surface area contributed by atoms with Crippen molar-refractivity contribution in [3.05, 3.63) is 29.8 Å². The zero-order valence-corrected chi connectivity index (χ0v) is 11.5. The van der Waals surface area contributed by atoms with Crippen molar-refractivity contribution in [2.45, 2.75) is 39.7 Å². The van der Waals surface area contributed by atoms with E-state index in [2.05, 4.69) is 50.4 Å². The van der Waals surface area contributed by atoms with Crippen LogP contribution >= 0.6 is 0 Å². The van der Waals surface area contributed by atoms with Crippen molar-refractivity contribution in [3.63, 3.8) is 0 Å². The lowest BCUT2D eigenvalue weighted by Gasteiger charge is -2.23. The van der Waals surface area contributed by atoms with E-state index in [1.54, 1.807) is 0 Å². The molecule has 0 aromatic heterocycles. The van der Waals surface area contributed by atoms with Crippen LogP contribution in [-0.2, 0) is 0 Å². The number of hydrogen-bond acceptors (Lipinski definition) is 2. The zero-order chi connectivity index (χ0) is 12.7. The Morgan fingerprint density at radius 3 is 2.29 bits per heavy atom. The van der Waals surface area contributed by atoms with Gasteiger partial charge in [-0.1, -0.05) is 39.3 Å². The summed E-state index contributed by atoms with van der Waals surface area (Å²) in [5.74, 6) is 1.61. The predicted octanol–water partition coefficient (Wildman–Crippen LogP) is 3.78. The Morgan fingerprint density at radius 1 is 1.18 bits per heavy atom. The van der Waals surface area contributed by atoms with Crippen molar-refractivity contribution in [3.8, 4) is 5.75 Å². The molecule has 1 N–H and O–H groups in total. The molecule has 0 saturated heterocycles. The molecule has 17 heavy (non-hydrogen) atoms. The van der Waals surface area contributed by atoms with E-state index in [4.69, 9.17) is 4.74 Å². The van der Waals surface area contributed by atoms with Crippen LogP contribution in [0.25, 0.3) is 0 Å². The molecule has 2 heteroatoms. The Bertz CT molecular complexity index is 307. The summed E-state index contributed by atoms with van der Waals surface area (Å²) >= 11 is 0. The molecule has 2 nitrogen and oxygen atoms in total. The average molecular weight is 235 g/mol. The summed E-state index contributed by atoms with van der Waals surface area (Å²) < 4.78 is 5.59. The summed E-state index contributed by atoms with van der Waals surface area (Å²) in [4.78, 5) is 0. The average Bonchev–Trinajstić information content (AvgIpc) is 2.38. The van der Waals surface area contributed by atoms with Gasteiger partial charge in [0.2, 0.25) is 0 Å². The lowest BCUT2D eigenvalue weighted by molar-refractivity contribution is 0.317. The van der Waals surface area contributed by atoms with Gasteiger partial charge < -0.3 is 10.1 Å². The van der Waals surface area contributed by atoms with Crippen molar-refractivity contribution < 1.29 is 4.74 Å². The normalized spacial score (nSPS) is 14.4. The molecule has 96 valence electrons. The molecule has 0 spiro atoms. The molecule has 0 saturated carbocycles. The highest BCUT2D eigenvalue weighted by molar-refractivity contribution is 5.29. The van der Waals surface area contributed by atoms with Crippen molar-refractivity contribution in [2.24, 2.45) is 5.92 Å². The minimum Gasteiger partial charge on any atom is -0.494 e. The SMILES string of the molecule is CCCOc1ccc(C(NC)C(C)CC)cc1. The lowest BCUT2D eigenvalue weighted by Crippen LogP contribution is -2.22. The Balaban J connectivity index is 2.71. The maximum Gasteiger partial charge on any atom is 0.119 e. The fourth-order valence-corrected chi connectivity index (χ4v) is 2.01. The lowest BCUT2D eigenvalue weighted by atomic mass is 9.93. The molecule has 0 fully saturated rings. The predicted molar refractivity (Wildman–Crippen MR) is 73.5 cm³/mol. The molecular formula is C15H25NO. The molecule has 0 aliphatic heterocycles. The van der Waals surface area contributed by atoms with Crippen molar-refractivity contribution in [2.75, 3.05) is 13.7 Å². The molecule has 1 aromatic rings. The van der Waals surface area contributed by atoms with Crippen LogP contribution < -0.4 is 10.1 Å². The first-order chi connectivity index (χ1) is 8.22. The number of nitrogens with one attached hydrogen (secondary N) is 1. The van der Waals surface area contributed by atoms with Crippen LogP contribution in [0.3, 0.4) is 0 Å². The van der Waals surface area contributed by atoms with Crippen LogP contribution in [0.2, 0.25) is 0 Å². The summed E-state index contributed by atoms with van der Waals surface area (Å²) in [5.41, 5.74) is 1.34. The van der Waals surface area contributed by atoms with Crippen LogP contribution in [0, 0.1) is 5.92 Å². The Morgan fingerprint density at radius 2 is 1.82 bits per heavy atom. The molecule has 0 heterocycles. The summed E-state index contributed by atoms with van der Waals surface area (Å²) in [7, 11) is 2.03. The fraction of sp³-hybridized carbons (Fsp3) is 0.600. The molecule has 0 bridgehead atoms. The second kappa shape index (κ2) is 7.33. The largest absolute Gasteiger partial charge is 0.494 e. The highest BCUT2D eigenvalue weighted by atomic mass is 16.5. The van der Waals surface area contributed by atoms with E-state index in [-0.39, 0.29) is 0 Å². The molecule has 0 radical (unpaired) electrons. The highest BCUT2D eigenvalue weighted by Gasteiger charge is 2.15. The van der Waals surface area contributed by atoms with Crippen LogP contribution in [0.1, 0.15) is 45.2 Å².